The first kappa shape index (κ1) is 12.2. The lowest BCUT2D eigenvalue weighted by Gasteiger charge is -2.24. The van der Waals surface area contributed by atoms with Gasteiger partial charge in [-0.05, 0) is 24.0 Å². The number of halogens is 1. The Labute approximate surface area is 106 Å². The highest BCUT2D eigenvalue weighted by atomic mass is 35.5. The van der Waals surface area contributed by atoms with E-state index in [2.05, 4.69) is 4.90 Å². The Bertz CT molecular complexity index is 435. The van der Waals surface area contributed by atoms with Crippen molar-refractivity contribution >= 4 is 23.3 Å². The fourth-order valence-corrected chi connectivity index (χ4v) is 2.70. The van der Waals surface area contributed by atoms with Gasteiger partial charge in [0.2, 0.25) is 0 Å². The van der Waals surface area contributed by atoms with Gasteiger partial charge in [0, 0.05) is 13.1 Å². The Morgan fingerprint density at radius 1 is 1.53 bits per heavy atom. The van der Waals surface area contributed by atoms with E-state index in [0.717, 1.165) is 30.2 Å². The summed E-state index contributed by atoms with van der Waals surface area (Å²) in [6.45, 7) is 3.65. The minimum absolute atomic E-state index is 0.148. The Morgan fingerprint density at radius 3 is 2.88 bits per heavy atom. The maximum atomic E-state index is 10.8. The van der Waals surface area contributed by atoms with Gasteiger partial charge in [-0.15, -0.1) is 0 Å². The molecule has 17 heavy (non-hydrogen) atoms. The van der Waals surface area contributed by atoms with Crippen LogP contribution in [0.1, 0.15) is 19.8 Å². The molecule has 0 bridgehead atoms. The molecule has 0 amide bonds. The van der Waals surface area contributed by atoms with E-state index < -0.39 is 5.97 Å². The lowest BCUT2D eigenvalue weighted by molar-refractivity contribution is -0.139. The maximum Gasteiger partial charge on any atom is 0.303 e. The molecule has 1 fully saturated rings. The lowest BCUT2D eigenvalue weighted by Crippen LogP contribution is -2.27. The van der Waals surface area contributed by atoms with Gasteiger partial charge in [-0.1, -0.05) is 30.7 Å². The molecule has 1 atom stereocenters. The van der Waals surface area contributed by atoms with E-state index in [0.29, 0.717) is 0 Å². The van der Waals surface area contributed by atoms with Gasteiger partial charge in [-0.25, -0.2) is 0 Å². The number of carboxylic acids is 1. The van der Waals surface area contributed by atoms with Crippen molar-refractivity contribution in [2.45, 2.75) is 19.8 Å². The Hall–Kier alpha value is -1.22. The predicted molar refractivity (Wildman–Crippen MR) is 68.6 cm³/mol. The largest absolute Gasteiger partial charge is 0.481 e. The predicted octanol–water partition coefficient (Wildman–Crippen LogP) is 3.03. The SMILES string of the molecule is CC1(CC(=O)O)CCN(c2ccccc2Cl)C1. The molecule has 1 heterocycles. The van der Waals surface area contributed by atoms with Crippen LogP contribution in [0.3, 0.4) is 0 Å². The molecule has 1 N–H and O–H groups in total. The summed E-state index contributed by atoms with van der Waals surface area (Å²) in [6.07, 6.45) is 1.11. The summed E-state index contributed by atoms with van der Waals surface area (Å²) in [5, 5.41) is 9.63. The zero-order valence-electron chi connectivity index (χ0n) is 9.82. The highest BCUT2D eigenvalue weighted by Gasteiger charge is 2.36. The minimum atomic E-state index is -0.728. The number of carboxylic acid groups (broad SMARTS) is 1. The standard InChI is InChI=1S/C13H16ClNO2/c1-13(8-12(16)17)6-7-15(9-13)11-5-3-2-4-10(11)14/h2-5H,6-9H2,1H3,(H,16,17). The molecule has 4 heteroatoms. The normalized spacial score (nSPS) is 24.0. The average molecular weight is 254 g/mol. The molecular formula is C13H16ClNO2. The van der Waals surface area contributed by atoms with Crippen LogP contribution in [0.5, 0.6) is 0 Å². The Morgan fingerprint density at radius 2 is 2.24 bits per heavy atom. The van der Waals surface area contributed by atoms with Crippen molar-refractivity contribution < 1.29 is 9.90 Å². The molecule has 92 valence electrons. The van der Waals surface area contributed by atoms with Crippen LogP contribution in [0, 0.1) is 5.41 Å². The van der Waals surface area contributed by atoms with Crippen molar-refractivity contribution in [3.8, 4) is 0 Å². The average Bonchev–Trinajstić information content (AvgIpc) is 2.60. The summed E-state index contributed by atoms with van der Waals surface area (Å²) in [5.74, 6) is -0.728. The molecule has 1 aliphatic rings. The van der Waals surface area contributed by atoms with Gasteiger partial charge >= 0.3 is 5.97 Å². The quantitative estimate of drug-likeness (QED) is 0.900. The highest BCUT2D eigenvalue weighted by Crippen LogP contribution is 2.38. The van der Waals surface area contributed by atoms with Crippen LogP contribution in [-0.4, -0.2) is 24.2 Å². The maximum absolute atomic E-state index is 10.8. The molecule has 0 spiro atoms. The molecule has 0 aromatic heterocycles. The lowest BCUT2D eigenvalue weighted by atomic mass is 9.86. The topological polar surface area (TPSA) is 40.5 Å². The Balaban J connectivity index is 2.13. The third kappa shape index (κ3) is 2.72. The van der Waals surface area contributed by atoms with Crippen LogP contribution in [0.4, 0.5) is 5.69 Å². The van der Waals surface area contributed by atoms with E-state index >= 15 is 0 Å². The summed E-state index contributed by atoms with van der Waals surface area (Å²) in [6, 6.07) is 7.70. The summed E-state index contributed by atoms with van der Waals surface area (Å²) < 4.78 is 0. The van der Waals surface area contributed by atoms with Crippen LogP contribution in [-0.2, 0) is 4.79 Å². The molecule has 1 unspecified atom stereocenters. The van der Waals surface area contributed by atoms with Crippen molar-refractivity contribution in [1.82, 2.24) is 0 Å². The van der Waals surface area contributed by atoms with E-state index in [1.165, 1.54) is 0 Å². The van der Waals surface area contributed by atoms with Crippen LogP contribution >= 0.6 is 11.6 Å². The van der Waals surface area contributed by atoms with Crippen molar-refractivity contribution in [2.75, 3.05) is 18.0 Å². The fourth-order valence-electron chi connectivity index (χ4n) is 2.45. The van der Waals surface area contributed by atoms with Gasteiger partial charge in [-0.3, -0.25) is 4.79 Å². The molecule has 0 aliphatic carbocycles. The van der Waals surface area contributed by atoms with E-state index in [4.69, 9.17) is 16.7 Å². The first-order chi connectivity index (χ1) is 8.00. The highest BCUT2D eigenvalue weighted by molar-refractivity contribution is 6.33. The fraction of sp³-hybridized carbons (Fsp3) is 0.462. The molecular weight excluding hydrogens is 238 g/mol. The molecule has 0 radical (unpaired) electrons. The first-order valence-electron chi connectivity index (χ1n) is 5.71. The van der Waals surface area contributed by atoms with Crippen LogP contribution in [0.2, 0.25) is 5.02 Å². The first-order valence-corrected chi connectivity index (χ1v) is 6.09. The number of aliphatic carboxylic acids is 1. The van der Waals surface area contributed by atoms with Crippen molar-refractivity contribution in [3.05, 3.63) is 29.3 Å². The number of carbonyl (C=O) groups is 1. The van der Waals surface area contributed by atoms with Crippen LogP contribution in [0.15, 0.2) is 24.3 Å². The number of para-hydroxylation sites is 1. The summed E-state index contributed by atoms with van der Waals surface area (Å²) >= 11 is 6.15. The van der Waals surface area contributed by atoms with Gasteiger partial charge in [-0.2, -0.15) is 0 Å². The number of nitrogens with zero attached hydrogens (tertiary/aromatic N) is 1. The monoisotopic (exact) mass is 253 g/mol. The zero-order chi connectivity index (χ0) is 12.5. The van der Waals surface area contributed by atoms with Crippen molar-refractivity contribution in [3.63, 3.8) is 0 Å². The van der Waals surface area contributed by atoms with Gasteiger partial charge in [0.15, 0.2) is 0 Å². The molecule has 1 saturated heterocycles. The second-order valence-electron chi connectivity index (χ2n) is 5.00. The number of hydrogen-bond acceptors (Lipinski definition) is 2. The number of anilines is 1. The molecule has 1 aromatic rings. The number of benzene rings is 1. The van der Waals surface area contributed by atoms with Crippen molar-refractivity contribution in [1.29, 1.82) is 0 Å². The minimum Gasteiger partial charge on any atom is -0.481 e. The summed E-state index contributed by atoms with van der Waals surface area (Å²) in [7, 11) is 0. The van der Waals surface area contributed by atoms with Gasteiger partial charge in [0.05, 0.1) is 17.1 Å². The zero-order valence-corrected chi connectivity index (χ0v) is 10.6. The second kappa shape index (κ2) is 4.57. The van der Waals surface area contributed by atoms with Crippen molar-refractivity contribution in [2.24, 2.45) is 5.41 Å². The molecule has 3 nitrogen and oxygen atoms in total. The molecule has 0 saturated carbocycles. The van der Waals surface area contributed by atoms with Gasteiger partial charge < -0.3 is 10.0 Å². The van der Waals surface area contributed by atoms with E-state index in [9.17, 15) is 4.79 Å². The second-order valence-corrected chi connectivity index (χ2v) is 5.41. The number of rotatable bonds is 3. The van der Waals surface area contributed by atoms with E-state index in [1.54, 1.807) is 0 Å². The van der Waals surface area contributed by atoms with Crippen LogP contribution < -0.4 is 4.90 Å². The summed E-state index contributed by atoms with van der Waals surface area (Å²) in [5.41, 5.74) is 0.855. The van der Waals surface area contributed by atoms with E-state index in [-0.39, 0.29) is 11.8 Å². The summed E-state index contributed by atoms with van der Waals surface area (Å²) in [4.78, 5) is 13.0. The molecule has 2 rings (SSSR count). The Kier molecular flexibility index (Phi) is 3.29. The van der Waals surface area contributed by atoms with E-state index in [1.807, 2.05) is 31.2 Å². The molecule has 1 aromatic carbocycles. The molecule has 1 aliphatic heterocycles. The van der Waals surface area contributed by atoms with Crippen LogP contribution in [0.25, 0.3) is 0 Å². The third-order valence-electron chi connectivity index (χ3n) is 3.33. The third-order valence-corrected chi connectivity index (χ3v) is 3.65. The van der Waals surface area contributed by atoms with Gasteiger partial charge in [0.25, 0.3) is 0 Å². The van der Waals surface area contributed by atoms with Gasteiger partial charge in [0.1, 0.15) is 0 Å². The number of hydrogen-bond donors (Lipinski definition) is 1. The smallest absolute Gasteiger partial charge is 0.303 e.